The lowest BCUT2D eigenvalue weighted by Gasteiger charge is -2.07. The normalized spacial score (nSPS) is 10.1. The van der Waals surface area contributed by atoms with E-state index in [9.17, 15) is 9.59 Å². The van der Waals surface area contributed by atoms with Gasteiger partial charge in [-0.25, -0.2) is 14.6 Å². The highest BCUT2D eigenvalue weighted by Gasteiger charge is 2.04. The van der Waals surface area contributed by atoms with Gasteiger partial charge in [-0.05, 0) is 24.1 Å². The number of carbonyl (C=O) groups excluding carboxylic acids is 1. The van der Waals surface area contributed by atoms with Gasteiger partial charge in [-0.2, -0.15) is 0 Å². The van der Waals surface area contributed by atoms with Crippen LogP contribution in [0.1, 0.15) is 21.7 Å². The van der Waals surface area contributed by atoms with Crippen LogP contribution in [0.4, 0.5) is 4.79 Å². The number of aromatic amines is 1. The molecule has 2 rings (SSSR count). The van der Waals surface area contributed by atoms with Gasteiger partial charge in [0.2, 0.25) is 0 Å². The van der Waals surface area contributed by atoms with Gasteiger partial charge in [-0.3, -0.25) is 0 Å². The number of urea groups is 1. The van der Waals surface area contributed by atoms with Crippen LogP contribution in [0.3, 0.4) is 0 Å². The second-order valence-corrected chi connectivity index (χ2v) is 4.40. The average molecular weight is 288 g/mol. The third-order valence-corrected chi connectivity index (χ3v) is 2.84. The summed E-state index contributed by atoms with van der Waals surface area (Å²) in [4.78, 5) is 29.3. The molecule has 21 heavy (non-hydrogen) atoms. The molecular formula is C14H16N4O3. The molecule has 110 valence electrons. The monoisotopic (exact) mass is 288 g/mol. The van der Waals surface area contributed by atoms with E-state index < -0.39 is 5.97 Å². The summed E-state index contributed by atoms with van der Waals surface area (Å²) in [7, 11) is 0. The Labute approximate surface area is 121 Å². The van der Waals surface area contributed by atoms with Gasteiger partial charge in [0.15, 0.2) is 0 Å². The molecule has 2 amide bonds. The average Bonchev–Trinajstić information content (AvgIpc) is 2.99. The second-order valence-electron chi connectivity index (χ2n) is 4.40. The number of rotatable bonds is 6. The number of hydrogen-bond acceptors (Lipinski definition) is 3. The molecule has 0 unspecified atom stereocenters. The van der Waals surface area contributed by atoms with Crippen molar-refractivity contribution in [3.63, 3.8) is 0 Å². The van der Waals surface area contributed by atoms with E-state index in [0.717, 1.165) is 5.56 Å². The van der Waals surface area contributed by atoms with E-state index in [4.69, 9.17) is 5.11 Å². The molecule has 0 saturated heterocycles. The Morgan fingerprint density at radius 2 is 2.14 bits per heavy atom. The molecule has 2 aromatic rings. The molecular weight excluding hydrogens is 272 g/mol. The smallest absolute Gasteiger partial charge is 0.335 e. The number of aromatic carboxylic acids is 1. The molecule has 0 aliphatic carbocycles. The number of nitrogens with zero attached hydrogens (tertiary/aromatic N) is 1. The van der Waals surface area contributed by atoms with Crippen LogP contribution in [-0.4, -0.2) is 33.6 Å². The summed E-state index contributed by atoms with van der Waals surface area (Å²) < 4.78 is 0. The molecule has 1 aromatic heterocycles. The Kier molecular flexibility index (Phi) is 4.92. The lowest BCUT2D eigenvalue weighted by molar-refractivity contribution is 0.0696. The summed E-state index contributed by atoms with van der Waals surface area (Å²) in [5, 5.41) is 14.3. The Morgan fingerprint density at radius 3 is 2.86 bits per heavy atom. The summed E-state index contributed by atoms with van der Waals surface area (Å²) in [6, 6.07) is 6.37. The summed E-state index contributed by atoms with van der Waals surface area (Å²) in [6.07, 6.45) is 3.87. The second kappa shape index (κ2) is 7.09. The zero-order chi connectivity index (χ0) is 15.1. The zero-order valence-corrected chi connectivity index (χ0v) is 11.3. The van der Waals surface area contributed by atoms with Crippen molar-refractivity contribution in [3.8, 4) is 0 Å². The van der Waals surface area contributed by atoms with Gasteiger partial charge >= 0.3 is 12.0 Å². The Bertz CT molecular complexity index is 610. The van der Waals surface area contributed by atoms with Crippen molar-refractivity contribution in [2.24, 2.45) is 0 Å². The van der Waals surface area contributed by atoms with Crippen molar-refractivity contribution in [2.45, 2.75) is 13.0 Å². The maximum absolute atomic E-state index is 11.5. The first-order chi connectivity index (χ1) is 10.1. The number of carbonyl (C=O) groups is 2. The number of carboxylic acids is 1. The van der Waals surface area contributed by atoms with Gasteiger partial charge in [-0.1, -0.05) is 12.1 Å². The number of H-pyrrole nitrogens is 1. The number of amides is 2. The molecule has 0 aliphatic heterocycles. The van der Waals surface area contributed by atoms with Crippen LogP contribution in [0.25, 0.3) is 0 Å². The molecule has 7 nitrogen and oxygen atoms in total. The Balaban J connectivity index is 1.72. The number of nitrogens with one attached hydrogen (secondary N) is 3. The maximum atomic E-state index is 11.5. The first-order valence-electron chi connectivity index (χ1n) is 6.47. The molecule has 1 aromatic carbocycles. The number of imidazole rings is 1. The largest absolute Gasteiger partial charge is 0.478 e. The topological polar surface area (TPSA) is 107 Å². The quantitative estimate of drug-likeness (QED) is 0.639. The first kappa shape index (κ1) is 14.6. The fourth-order valence-electron chi connectivity index (χ4n) is 1.80. The lowest BCUT2D eigenvalue weighted by atomic mass is 10.1. The molecule has 0 fully saturated rings. The highest BCUT2D eigenvalue weighted by atomic mass is 16.4. The van der Waals surface area contributed by atoms with Crippen molar-refractivity contribution in [1.29, 1.82) is 0 Å². The molecule has 1 heterocycles. The van der Waals surface area contributed by atoms with Crippen LogP contribution in [-0.2, 0) is 13.0 Å². The van der Waals surface area contributed by atoms with Crippen molar-refractivity contribution in [2.75, 3.05) is 6.54 Å². The maximum Gasteiger partial charge on any atom is 0.335 e. The van der Waals surface area contributed by atoms with Crippen LogP contribution in [0, 0.1) is 0 Å². The zero-order valence-electron chi connectivity index (χ0n) is 11.3. The van der Waals surface area contributed by atoms with Crippen LogP contribution in [0.15, 0.2) is 36.7 Å². The first-order valence-corrected chi connectivity index (χ1v) is 6.47. The summed E-state index contributed by atoms with van der Waals surface area (Å²) in [5.74, 6) is -0.277. The van der Waals surface area contributed by atoms with Gasteiger partial charge in [-0.15, -0.1) is 0 Å². The molecule has 0 bridgehead atoms. The molecule has 7 heteroatoms. The summed E-state index contributed by atoms with van der Waals surface area (Å²) >= 11 is 0. The van der Waals surface area contributed by atoms with Crippen LogP contribution >= 0.6 is 0 Å². The van der Waals surface area contributed by atoms with E-state index in [1.165, 1.54) is 6.07 Å². The highest BCUT2D eigenvalue weighted by Crippen LogP contribution is 2.05. The molecule has 0 spiro atoms. The molecule has 4 N–H and O–H groups in total. The van der Waals surface area contributed by atoms with Gasteiger partial charge in [0, 0.05) is 18.9 Å². The number of benzene rings is 1. The molecule has 0 saturated carbocycles. The van der Waals surface area contributed by atoms with Crippen LogP contribution in [0.2, 0.25) is 0 Å². The third kappa shape index (κ3) is 4.64. The predicted octanol–water partition coefficient (Wildman–Crippen LogP) is 1.15. The van der Waals surface area contributed by atoms with E-state index >= 15 is 0 Å². The Morgan fingerprint density at radius 1 is 1.29 bits per heavy atom. The van der Waals surface area contributed by atoms with Gasteiger partial charge < -0.3 is 20.7 Å². The number of hydrogen-bond donors (Lipinski definition) is 4. The summed E-state index contributed by atoms with van der Waals surface area (Å²) in [6.45, 7) is 0.750. The van der Waals surface area contributed by atoms with Gasteiger partial charge in [0.25, 0.3) is 0 Å². The number of aromatic nitrogens is 2. The predicted molar refractivity (Wildman–Crippen MR) is 75.9 cm³/mol. The minimum absolute atomic E-state index is 0.245. The van der Waals surface area contributed by atoms with Crippen molar-refractivity contribution in [3.05, 3.63) is 53.6 Å². The van der Waals surface area contributed by atoms with E-state index in [0.29, 0.717) is 25.3 Å². The third-order valence-electron chi connectivity index (χ3n) is 2.84. The van der Waals surface area contributed by atoms with Gasteiger partial charge in [0.05, 0.1) is 12.1 Å². The fourth-order valence-corrected chi connectivity index (χ4v) is 1.80. The van der Waals surface area contributed by atoms with Crippen molar-refractivity contribution >= 4 is 12.0 Å². The minimum Gasteiger partial charge on any atom is -0.478 e. The van der Waals surface area contributed by atoms with E-state index in [2.05, 4.69) is 20.6 Å². The molecule has 0 aliphatic rings. The van der Waals surface area contributed by atoms with Crippen LogP contribution < -0.4 is 10.6 Å². The van der Waals surface area contributed by atoms with Crippen LogP contribution in [0.5, 0.6) is 0 Å². The summed E-state index contributed by atoms with van der Waals surface area (Å²) in [5.41, 5.74) is 1.11. The standard InChI is InChI=1S/C14H16N4O3/c19-13(20)11-3-1-2-10(8-11)4-5-17-14(21)18-9-12-15-6-7-16-12/h1-3,6-8H,4-5,9H2,(H,15,16)(H,19,20)(H2,17,18,21). The fraction of sp³-hybridized carbons (Fsp3) is 0.214. The van der Waals surface area contributed by atoms with E-state index in [1.54, 1.807) is 24.5 Å². The minimum atomic E-state index is -0.957. The number of carboxylic acid groups (broad SMARTS) is 1. The van der Waals surface area contributed by atoms with E-state index in [1.807, 2.05) is 6.07 Å². The lowest BCUT2D eigenvalue weighted by Crippen LogP contribution is -2.36. The van der Waals surface area contributed by atoms with Gasteiger partial charge in [0.1, 0.15) is 5.82 Å². The SMILES string of the molecule is O=C(NCCc1cccc(C(=O)O)c1)NCc1ncc[nH]1. The highest BCUT2D eigenvalue weighted by molar-refractivity contribution is 5.87. The van der Waals surface area contributed by atoms with Crippen molar-refractivity contribution < 1.29 is 14.7 Å². The van der Waals surface area contributed by atoms with E-state index in [-0.39, 0.29) is 11.6 Å². The Hall–Kier alpha value is -2.83. The van der Waals surface area contributed by atoms with Crippen molar-refractivity contribution in [1.82, 2.24) is 20.6 Å². The molecule has 0 atom stereocenters. The molecule has 0 radical (unpaired) electrons.